The van der Waals surface area contributed by atoms with Gasteiger partial charge in [0.05, 0.1) is 6.54 Å². The van der Waals surface area contributed by atoms with Gasteiger partial charge >= 0.3 is 6.03 Å². The van der Waals surface area contributed by atoms with Gasteiger partial charge in [0, 0.05) is 29.4 Å². The predicted molar refractivity (Wildman–Crippen MR) is 107 cm³/mol. The molecule has 0 spiro atoms. The van der Waals surface area contributed by atoms with Crippen molar-refractivity contribution < 1.29 is 19.1 Å². The van der Waals surface area contributed by atoms with Crippen LogP contribution in [0.2, 0.25) is 5.02 Å². The molecule has 2 aromatic rings. The number of benzene rings is 2. The maximum absolute atomic E-state index is 12.3. The van der Waals surface area contributed by atoms with Crippen molar-refractivity contribution in [1.82, 2.24) is 10.2 Å². The summed E-state index contributed by atoms with van der Waals surface area (Å²) >= 11 is 6.03. The number of ether oxygens (including phenoxy) is 2. The van der Waals surface area contributed by atoms with Crippen LogP contribution in [0.4, 0.5) is 10.5 Å². The smallest absolute Gasteiger partial charge is 0.325 e. The lowest BCUT2D eigenvalue weighted by Crippen LogP contribution is -2.43. The number of amides is 3. The first-order valence-electron chi connectivity index (χ1n) is 8.89. The van der Waals surface area contributed by atoms with E-state index in [9.17, 15) is 9.59 Å². The summed E-state index contributed by atoms with van der Waals surface area (Å²) in [7, 11) is 0. The number of hydrogen-bond donors (Lipinski definition) is 2. The van der Waals surface area contributed by atoms with E-state index in [-0.39, 0.29) is 19.4 Å². The van der Waals surface area contributed by atoms with Crippen LogP contribution in [0.1, 0.15) is 19.4 Å². The van der Waals surface area contributed by atoms with E-state index in [4.69, 9.17) is 21.1 Å². The molecule has 0 saturated carbocycles. The summed E-state index contributed by atoms with van der Waals surface area (Å²) in [4.78, 5) is 26.4. The lowest BCUT2D eigenvalue weighted by Gasteiger charge is -2.25. The fourth-order valence-corrected chi connectivity index (χ4v) is 2.99. The molecule has 0 radical (unpaired) electrons. The molecule has 3 rings (SSSR count). The Hall–Kier alpha value is -2.77. The summed E-state index contributed by atoms with van der Waals surface area (Å²) in [5.74, 6) is 0.779. The van der Waals surface area contributed by atoms with Crippen LogP contribution in [0.25, 0.3) is 0 Å². The standard InChI is InChI=1S/C20H22ClN3O4/c1-13(2)24(10-14-4-3-5-15(21)8-14)11-19(25)23-20(26)22-16-6-7-17-18(9-16)28-12-27-17/h3-9,13H,10-12H2,1-2H3,(H2,22,23,25,26). The Labute approximate surface area is 168 Å². The zero-order valence-electron chi connectivity index (χ0n) is 15.7. The highest BCUT2D eigenvalue weighted by Gasteiger charge is 2.18. The van der Waals surface area contributed by atoms with Gasteiger partial charge in [0.15, 0.2) is 11.5 Å². The molecule has 3 amide bonds. The van der Waals surface area contributed by atoms with Crippen molar-refractivity contribution in [2.24, 2.45) is 0 Å². The molecule has 0 atom stereocenters. The highest BCUT2D eigenvalue weighted by Crippen LogP contribution is 2.34. The average molecular weight is 404 g/mol. The molecule has 8 heteroatoms. The van der Waals surface area contributed by atoms with Gasteiger partial charge in [-0.05, 0) is 43.7 Å². The lowest BCUT2D eigenvalue weighted by molar-refractivity contribution is -0.121. The van der Waals surface area contributed by atoms with Crippen molar-refractivity contribution in [3.05, 3.63) is 53.1 Å². The summed E-state index contributed by atoms with van der Waals surface area (Å²) in [5, 5.41) is 5.62. The van der Waals surface area contributed by atoms with E-state index in [1.807, 2.05) is 36.9 Å². The van der Waals surface area contributed by atoms with E-state index in [2.05, 4.69) is 10.6 Å². The quantitative estimate of drug-likeness (QED) is 0.769. The van der Waals surface area contributed by atoms with Crippen LogP contribution in [-0.2, 0) is 11.3 Å². The number of anilines is 1. The number of halogens is 1. The molecule has 0 bridgehead atoms. The largest absolute Gasteiger partial charge is 0.454 e. The van der Waals surface area contributed by atoms with Crippen LogP contribution < -0.4 is 20.1 Å². The Kier molecular flexibility index (Phi) is 6.38. The second-order valence-electron chi connectivity index (χ2n) is 6.70. The number of carbonyl (C=O) groups is 2. The molecule has 0 aromatic heterocycles. The van der Waals surface area contributed by atoms with E-state index < -0.39 is 11.9 Å². The predicted octanol–water partition coefficient (Wildman–Crippen LogP) is 3.63. The summed E-state index contributed by atoms with van der Waals surface area (Å²) in [6.45, 7) is 4.77. The van der Waals surface area contributed by atoms with Crippen molar-refractivity contribution in [3.8, 4) is 11.5 Å². The number of nitrogens with zero attached hydrogens (tertiary/aromatic N) is 1. The van der Waals surface area contributed by atoms with Crippen LogP contribution in [0.15, 0.2) is 42.5 Å². The highest BCUT2D eigenvalue weighted by molar-refractivity contribution is 6.30. The summed E-state index contributed by atoms with van der Waals surface area (Å²) in [6.07, 6.45) is 0. The zero-order valence-corrected chi connectivity index (χ0v) is 16.5. The molecule has 1 aliphatic heterocycles. The van der Waals surface area contributed by atoms with Gasteiger partial charge in [-0.3, -0.25) is 15.0 Å². The normalized spacial score (nSPS) is 12.3. The minimum Gasteiger partial charge on any atom is -0.454 e. The average Bonchev–Trinajstić information content (AvgIpc) is 3.08. The molecular formula is C20H22ClN3O4. The van der Waals surface area contributed by atoms with E-state index in [1.54, 1.807) is 24.3 Å². The van der Waals surface area contributed by atoms with Gasteiger partial charge in [-0.15, -0.1) is 0 Å². The van der Waals surface area contributed by atoms with Crippen LogP contribution >= 0.6 is 11.6 Å². The first kappa shape index (κ1) is 20.0. The molecule has 7 nitrogen and oxygen atoms in total. The second kappa shape index (κ2) is 8.95. The molecule has 1 heterocycles. The van der Waals surface area contributed by atoms with Crippen LogP contribution in [0.3, 0.4) is 0 Å². The van der Waals surface area contributed by atoms with Gasteiger partial charge < -0.3 is 14.8 Å². The second-order valence-corrected chi connectivity index (χ2v) is 7.14. The fourth-order valence-electron chi connectivity index (χ4n) is 2.78. The molecule has 0 fully saturated rings. The SMILES string of the molecule is CC(C)N(CC(=O)NC(=O)Nc1ccc2c(c1)OCO2)Cc1cccc(Cl)c1. The van der Waals surface area contributed by atoms with Crippen molar-refractivity contribution in [2.45, 2.75) is 26.4 Å². The highest BCUT2D eigenvalue weighted by atomic mass is 35.5. The molecular weight excluding hydrogens is 382 g/mol. The number of carbonyl (C=O) groups excluding carboxylic acids is 2. The minimum absolute atomic E-state index is 0.0821. The molecule has 1 aliphatic rings. The fraction of sp³-hybridized carbons (Fsp3) is 0.300. The number of urea groups is 1. The van der Waals surface area contributed by atoms with Gasteiger partial charge in [0.25, 0.3) is 0 Å². The molecule has 0 aliphatic carbocycles. The first-order valence-corrected chi connectivity index (χ1v) is 9.27. The monoisotopic (exact) mass is 403 g/mol. The van der Waals surface area contributed by atoms with Gasteiger partial charge in [-0.1, -0.05) is 23.7 Å². The topological polar surface area (TPSA) is 79.9 Å². The number of hydrogen-bond acceptors (Lipinski definition) is 5. The molecule has 0 saturated heterocycles. The van der Waals surface area contributed by atoms with E-state index in [1.165, 1.54) is 0 Å². The van der Waals surface area contributed by atoms with Gasteiger partial charge in [0.1, 0.15) is 0 Å². The third-order valence-corrected chi connectivity index (χ3v) is 4.47. The van der Waals surface area contributed by atoms with Crippen molar-refractivity contribution in [3.63, 3.8) is 0 Å². The first-order chi connectivity index (χ1) is 13.4. The van der Waals surface area contributed by atoms with Crippen LogP contribution in [-0.4, -0.2) is 36.2 Å². The van der Waals surface area contributed by atoms with Gasteiger partial charge in [-0.2, -0.15) is 0 Å². The Morgan fingerprint density at radius 1 is 1.14 bits per heavy atom. The van der Waals surface area contributed by atoms with Crippen LogP contribution in [0.5, 0.6) is 11.5 Å². The van der Waals surface area contributed by atoms with E-state index in [0.29, 0.717) is 28.8 Å². The zero-order chi connectivity index (χ0) is 20.1. The molecule has 148 valence electrons. The van der Waals surface area contributed by atoms with Crippen molar-refractivity contribution >= 4 is 29.2 Å². The minimum atomic E-state index is -0.602. The van der Waals surface area contributed by atoms with Crippen LogP contribution in [0, 0.1) is 0 Å². The third kappa shape index (κ3) is 5.37. The lowest BCUT2D eigenvalue weighted by atomic mass is 10.2. The number of fused-ring (bicyclic) bond motifs is 1. The molecule has 28 heavy (non-hydrogen) atoms. The summed E-state index contributed by atoms with van der Waals surface area (Å²) in [5.41, 5.74) is 1.51. The Morgan fingerprint density at radius 2 is 1.93 bits per heavy atom. The van der Waals surface area contributed by atoms with E-state index >= 15 is 0 Å². The maximum atomic E-state index is 12.3. The van der Waals surface area contributed by atoms with Gasteiger partial charge in [-0.25, -0.2) is 4.79 Å². The molecule has 2 aromatic carbocycles. The molecule has 0 unspecified atom stereocenters. The number of imide groups is 1. The summed E-state index contributed by atoms with van der Waals surface area (Å²) < 4.78 is 10.5. The van der Waals surface area contributed by atoms with Gasteiger partial charge in [0.2, 0.25) is 12.7 Å². The van der Waals surface area contributed by atoms with Crippen molar-refractivity contribution in [1.29, 1.82) is 0 Å². The number of nitrogens with one attached hydrogen (secondary N) is 2. The maximum Gasteiger partial charge on any atom is 0.325 e. The Bertz CT molecular complexity index is 872. The summed E-state index contributed by atoms with van der Waals surface area (Å²) in [6, 6.07) is 12.0. The Morgan fingerprint density at radius 3 is 2.68 bits per heavy atom. The third-order valence-electron chi connectivity index (χ3n) is 4.24. The Balaban J connectivity index is 1.54. The number of rotatable bonds is 6. The van der Waals surface area contributed by atoms with Crippen molar-refractivity contribution in [2.75, 3.05) is 18.7 Å². The van der Waals surface area contributed by atoms with E-state index in [0.717, 1.165) is 5.56 Å². The molecule has 2 N–H and O–H groups in total.